The zero-order valence-corrected chi connectivity index (χ0v) is 11.5. The summed E-state index contributed by atoms with van der Waals surface area (Å²) < 4.78 is 11.3. The second-order valence-electron chi connectivity index (χ2n) is 5.34. The van der Waals surface area contributed by atoms with Gasteiger partial charge in [-0.25, -0.2) is 0 Å². The first kappa shape index (κ1) is 14.7. The van der Waals surface area contributed by atoms with Gasteiger partial charge in [0.05, 0.1) is 18.8 Å². The van der Waals surface area contributed by atoms with Gasteiger partial charge in [0, 0.05) is 6.61 Å². The largest absolute Gasteiger partial charge is 0.379 e. The van der Waals surface area contributed by atoms with E-state index < -0.39 is 0 Å². The molecule has 0 unspecified atom stereocenters. The molecule has 2 atom stereocenters. The van der Waals surface area contributed by atoms with Crippen LogP contribution in [-0.4, -0.2) is 25.4 Å². The lowest BCUT2D eigenvalue weighted by atomic mass is 10.1. The lowest BCUT2D eigenvalue weighted by Crippen LogP contribution is -2.16. The fourth-order valence-electron chi connectivity index (χ4n) is 2.21. The Kier molecular flexibility index (Phi) is 7.54. The monoisotopic (exact) mass is 240 g/mol. The van der Waals surface area contributed by atoms with Gasteiger partial charge in [-0.1, -0.05) is 18.4 Å². The highest BCUT2D eigenvalue weighted by Gasteiger charge is 2.21. The van der Waals surface area contributed by atoms with Crippen molar-refractivity contribution in [2.24, 2.45) is 0 Å². The molecule has 0 N–H and O–H groups in total. The minimum atomic E-state index is 0.355. The fraction of sp³-hybridized carbons (Fsp3) is 0.867. The van der Waals surface area contributed by atoms with Crippen LogP contribution in [0.15, 0.2) is 12.2 Å². The SMILES string of the molecule is C=C(C)CCCCCCOC[C@@H]1CC[C@H](C)O1. The van der Waals surface area contributed by atoms with Crippen molar-refractivity contribution in [3.05, 3.63) is 12.2 Å². The highest BCUT2D eigenvalue weighted by Crippen LogP contribution is 2.19. The van der Waals surface area contributed by atoms with Crippen molar-refractivity contribution >= 4 is 0 Å². The van der Waals surface area contributed by atoms with Crippen LogP contribution in [0, 0.1) is 0 Å². The second kappa shape index (κ2) is 8.71. The third-order valence-electron chi connectivity index (χ3n) is 3.27. The molecule has 0 amide bonds. The Morgan fingerprint density at radius 3 is 2.65 bits per heavy atom. The van der Waals surface area contributed by atoms with Gasteiger partial charge in [0.25, 0.3) is 0 Å². The van der Waals surface area contributed by atoms with E-state index in [-0.39, 0.29) is 0 Å². The van der Waals surface area contributed by atoms with Crippen molar-refractivity contribution in [2.75, 3.05) is 13.2 Å². The van der Waals surface area contributed by atoms with Crippen LogP contribution in [0.3, 0.4) is 0 Å². The minimum Gasteiger partial charge on any atom is -0.379 e. The smallest absolute Gasteiger partial charge is 0.0813 e. The molecule has 0 bridgehead atoms. The fourth-order valence-corrected chi connectivity index (χ4v) is 2.21. The van der Waals surface area contributed by atoms with Crippen molar-refractivity contribution in [1.29, 1.82) is 0 Å². The Balaban J connectivity index is 1.80. The number of hydrogen-bond acceptors (Lipinski definition) is 2. The number of rotatable bonds is 9. The van der Waals surface area contributed by atoms with E-state index in [0.29, 0.717) is 12.2 Å². The number of unbranched alkanes of at least 4 members (excludes halogenated alkanes) is 3. The third-order valence-corrected chi connectivity index (χ3v) is 3.27. The number of allylic oxidation sites excluding steroid dienone is 1. The maximum atomic E-state index is 5.70. The summed E-state index contributed by atoms with van der Waals surface area (Å²) in [6.45, 7) is 9.84. The van der Waals surface area contributed by atoms with Crippen molar-refractivity contribution in [1.82, 2.24) is 0 Å². The van der Waals surface area contributed by atoms with E-state index in [4.69, 9.17) is 9.47 Å². The molecule has 0 aromatic carbocycles. The van der Waals surface area contributed by atoms with Crippen LogP contribution in [0.5, 0.6) is 0 Å². The third kappa shape index (κ3) is 7.56. The Morgan fingerprint density at radius 1 is 1.24 bits per heavy atom. The van der Waals surface area contributed by atoms with Gasteiger partial charge in [0.1, 0.15) is 0 Å². The molecule has 0 aliphatic carbocycles. The predicted molar refractivity (Wildman–Crippen MR) is 72.3 cm³/mol. The Hall–Kier alpha value is -0.340. The summed E-state index contributed by atoms with van der Waals surface area (Å²) in [5.74, 6) is 0. The first-order valence-corrected chi connectivity index (χ1v) is 7.06. The molecule has 0 aromatic rings. The maximum absolute atomic E-state index is 5.70. The molecule has 0 radical (unpaired) electrons. The van der Waals surface area contributed by atoms with Crippen LogP contribution in [-0.2, 0) is 9.47 Å². The molecule has 0 saturated carbocycles. The second-order valence-corrected chi connectivity index (χ2v) is 5.34. The van der Waals surface area contributed by atoms with Crippen LogP contribution in [0.2, 0.25) is 0 Å². The van der Waals surface area contributed by atoms with Gasteiger partial charge < -0.3 is 9.47 Å². The maximum Gasteiger partial charge on any atom is 0.0813 e. The molecule has 1 aliphatic heterocycles. The molecule has 0 spiro atoms. The topological polar surface area (TPSA) is 18.5 Å². The average molecular weight is 240 g/mol. The van der Waals surface area contributed by atoms with Gasteiger partial charge in [-0.3, -0.25) is 0 Å². The molecule has 1 saturated heterocycles. The van der Waals surface area contributed by atoms with E-state index in [1.54, 1.807) is 0 Å². The van der Waals surface area contributed by atoms with Crippen LogP contribution in [0.4, 0.5) is 0 Å². The number of hydrogen-bond donors (Lipinski definition) is 0. The van der Waals surface area contributed by atoms with Crippen LogP contribution < -0.4 is 0 Å². The van der Waals surface area contributed by atoms with E-state index >= 15 is 0 Å². The zero-order valence-electron chi connectivity index (χ0n) is 11.5. The van der Waals surface area contributed by atoms with E-state index in [1.165, 1.54) is 50.5 Å². The van der Waals surface area contributed by atoms with Crippen LogP contribution >= 0.6 is 0 Å². The first-order valence-electron chi connectivity index (χ1n) is 7.06. The molecule has 1 aliphatic rings. The van der Waals surface area contributed by atoms with E-state index in [0.717, 1.165) is 13.2 Å². The summed E-state index contributed by atoms with van der Waals surface area (Å²) in [5.41, 5.74) is 1.30. The summed E-state index contributed by atoms with van der Waals surface area (Å²) in [7, 11) is 0. The number of ether oxygens (including phenoxy) is 2. The molecule has 17 heavy (non-hydrogen) atoms. The quantitative estimate of drug-likeness (QED) is 0.446. The average Bonchev–Trinajstić information content (AvgIpc) is 2.68. The lowest BCUT2D eigenvalue weighted by molar-refractivity contribution is -0.00989. The molecule has 0 aromatic heterocycles. The van der Waals surface area contributed by atoms with Gasteiger partial charge in [-0.15, -0.1) is 6.58 Å². The highest BCUT2D eigenvalue weighted by molar-refractivity contribution is 4.86. The standard InChI is InChI=1S/C15H28O2/c1-13(2)8-6-4-5-7-11-16-12-15-10-9-14(3)17-15/h14-15H,1,4-12H2,2-3H3/t14-,15-/m0/s1. The van der Waals surface area contributed by atoms with Crippen molar-refractivity contribution in [3.63, 3.8) is 0 Å². The molecule has 2 heteroatoms. The molecule has 1 rings (SSSR count). The highest BCUT2D eigenvalue weighted by atomic mass is 16.5. The van der Waals surface area contributed by atoms with Gasteiger partial charge in [-0.2, -0.15) is 0 Å². The predicted octanol–water partition coefficient (Wildman–Crippen LogP) is 4.10. The van der Waals surface area contributed by atoms with Gasteiger partial charge in [-0.05, 0) is 46.0 Å². The van der Waals surface area contributed by atoms with Crippen molar-refractivity contribution in [2.45, 2.75) is 71.0 Å². The zero-order chi connectivity index (χ0) is 12.5. The lowest BCUT2D eigenvalue weighted by Gasteiger charge is -2.11. The summed E-state index contributed by atoms with van der Waals surface area (Å²) in [6, 6.07) is 0. The van der Waals surface area contributed by atoms with Gasteiger partial charge in [0.2, 0.25) is 0 Å². The van der Waals surface area contributed by atoms with E-state index in [2.05, 4.69) is 20.4 Å². The van der Waals surface area contributed by atoms with Crippen LogP contribution in [0.1, 0.15) is 58.8 Å². The Bertz CT molecular complexity index is 213. The first-order chi connectivity index (χ1) is 8.18. The summed E-state index contributed by atoms with van der Waals surface area (Å²) >= 11 is 0. The van der Waals surface area contributed by atoms with Gasteiger partial charge in [0.15, 0.2) is 0 Å². The summed E-state index contributed by atoms with van der Waals surface area (Å²) in [4.78, 5) is 0. The van der Waals surface area contributed by atoms with Crippen molar-refractivity contribution < 1.29 is 9.47 Å². The molecular formula is C15H28O2. The van der Waals surface area contributed by atoms with Crippen LogP contribution in [0.25, 0.3) is 0 Å². The van der Waals surface area contributed by atoms with E-state index in [9.17, 15) is 0 Å². The Labute approximate surface area is 106 Å². The molecule has 2 nitrogen and oxygen atoms in total. The molecular weight excluding hydrogens is 212 g/mol. The van der Waals surface area contributed by atoms with Crippen molar-refractivity contribution in [3.8, 4) is 0 Å². The summed E-state index contributed by atoms with van der Waals surface area (Å²) in [5, 5.41) is 0. The normalized spacial score (nSPS) is 24.1. The minimum absolute atomic E-state index is 0.355. The Morgan fingerprint density at radius 2 is 2.00 bits per heavy atom. The summed E-state index contributed by atoms with van der Waals surface area (Å²) in [6.07, 6.45) is 9.35. The molecule has 100 valence electrons. The molecule has 1 fully saturated rings. The molecule has 1 heterocycles. The van der Waals surface area contributed by atoms with Gasteiger partial charge >= 0.3 is 0 Å². The van der Waals surface area contributed by atoms with E-state index in [1.807, 2.05) is 0 Å².